The van der Waals surface area contributed by atoms with Gasteiger partial charge in [-0.3, -0.25) is 4.79 Å². The highest BCUT2D eigenvalue weighted by Crippen LogP contribution is 2.11. The molecule has 0 radical (unpaired) electrons. The molecule has 0 heterocycles. The van der Waals surface area contributed by atoms with Crippen LogP contribution in [0.15, 0.2) is 24.3 Å². The summed E-state index contributed by atoms with van der Waals surface area (Å²) in [6.07, 6.45) is 0. The summed E-state index contributed by atoms with van der Waals surface area (Å²) in [5, 5.41) is 2.84. The number of aryl methyl sites for hydroxylation is 1. The monoisotopic (exact) mass is 242 g/mol. The number of nitrogens with one attached hydrogen (secondary N) is 1. The molecule has 4 heteroatoms. The molecule has 0 saturated carbocycles. The first-order valence-corrected chi connectivity index (χ1v) is 5.14. The SMILES string of the molecule is Cc1cccc(NC(=O)C(C)C(C)N)c1.Cl. The fourth-order valence-corrected chi connectivity index (χ4v) is 1.22. The summed E-state index contributed by atoms with van der Waals surface area (Å²) >= 11 is 0. The van der Waals surface area contributed by atoms with E-state index in [0.717, 1.165) is 11.3 Å². The number of hydrogen-bond donors (Lipinski definition) is 2. The van der Waals surface area contributed by atoms with Gasteiger partial charge in [0.25, 0.3) is 0 Å². The summed E-state index contributed by atoms with van der Waals surface area (Å²) < 4.78 is 0. The van der Waals surface area contributed by atoms with Crippen molar-refractivity contribution in [1.29, 1.82) is 0 Å². The number of rotatable bonds is 3. The fraction of sp³-hybridized carbons (Fsp3) is 0.417. The van der Waals surface area contributed by atoms with E-state index >= 15 is 0 Å². The molecule has 1 aromatic rings. The molecular weight excluding hydrogens is 224 g/mol. The third-order valence-electron chi connectivity index (χ3n) is 2.49. The van der Waals surface area contributed by atoms with Gasteiger partial charge in [0.15, 0.2) is 0 Å². The van der Waals surface area contributed by atoms with E-state index in [1.165, 1.54) is 0 Å². The highest BCUT2D eigenvalue weighted by atomic mass is 35.5. The average Bonchev–Trinajstić information content (AvgIpc) is 2.16. The Bertz CT molecular complexity index is 353. The number of anilines is 1. The molecule has 0 fully saturated rings. The van der Waals surface area contributed by atoms with Gasteiger partial charge in [0.2, 0.25) is 5.91 Å². The van der Waals surface area contributed by atoms with Crippen LogP contribution in [-0.4, -0.2) is 11.9 Å². The van der Waals surface area contributed by atoms with Crippen LogP contribution in [0.3, 0.4) is 0 Å². The van der Waals surface area contributed by atoms with Crippen LogP contribution >= 0.6 is 12.4 Å². The van der Waals surface area contributed by atoms with Crippen LogP contribution in [0, 0.1) is 12.8 Å². The number of nitrogens with two attached hydrogens (primary N) is 1. The van der Waals surface area contributed by atoms with Gasteiger partial charge in [0.05, 0.1) is 5.92 Å². The first-order chi connectivity index (χ1) is 7.00. The second kappa shape index (κ2) is 6.51. The maximum absolute atomic E-state index is 11.7. The van der Waals surface area contributed by atoms with E-state index < -0.39 is 0 Å². The lowest BCUT2D eigenvalue weighted by molar-refractivity contribution is -0.119. The minimum absolute atomic E-state index is 0. The summed E-state index contributed by atoms with van der Waals surface area (Å²) in [5.41, 5.74) is 7.61. The average molecular weight is 243 g/mol. The van der Waals surface area contributed by atoms with Gasteiger partial charge in [-0.25, -0.2) is 0 Å². The number of halogens is 1. The molecule has 0 aliphatic heterocycles. The Hall–Kier alpha value is -1.06. The number of amides is 1. The predicted molar refractivity (Wildman–Crippen MR) is 69.9 cm³/mol. The lowest BCUT2D eigenvalue weighted by Gasteiger charge is -2.15. The Kier molecular flexibility index (Phi) is 6.08. The Labute approximate surface area is 103 Å². The molecule has 1 aromatic carbocycles. The molecule has 0 aliphatic rings. The van der Waals surface area contributed by atoms with Gasteiger partial charge >= 0.3 is 0 Å². The van der Waals surface area contributed by atoms with E-state index in [2.05, 4.69) is 5.32 Å². The van der Waals surface area contributed by atoms with Crippen molar-refractivity contribution >= 4 is 24.0 Å². The zero-order valence-corrected chi connectivity index (χ0v) is 10.7. The molecule has 3 nitrogen and oxygen atoms in total. The van der Waals surface area contributed by atoms with E-state index in [-0.39, 0.29) is 30.3 Å². The van der Waals surface area contributed by atoms with Crippen molar-refractivity contribution in [3.05, 3.63) is 29.8 Å². The second-order valence-corrected chi connectivity index (χ2v) is 4.01. The summed E-state index contributed by atoms with van der Waals surface area (Å²) in [7, 11) is 0. The third kappa shape index (κ3) is 4.21. The quantitative estimate of drug-likeness (QED) is 0.855. The predicted octanol–water partition coefficient (Wildman–Crippen LogP) is 2.34. The molecule has 2 atom stereocenters. The normalized spacial score (nSPS) is 13.5. The molecule has 0 aromatic heterocycles. The lowest BCUT2D eigenvalue weighted by atomic mass is 10.0. The number of carbonyl (C=O) groups excluding carboxylic acids is 1. The zero-order valence-electron chi connectivity index (χ0n) is 9.86. The standard InChI is InChI=1S/C12H18N2O.ClH/c1-8-5-4-6-11(7-8)14-12(15)9(2)10(3)13;/h4-7,9-10H,13H2,1-3H3,(H,14,15);1H. The van der Waals surface area contributed by atoms with Crippen LogP contribution in [0.1, 0.15) is 19.4 Å². The second-order valence-electron chi connectivity index (χ2n) is 4.01. The largest absolute Gasteiger partial charge is 0.327 e. The first-order valence-electron chi connectivity index (χ1n) is 5.14. The summed E-state index contributed by atoms with van der Waals surface area (Å²) in [6.45, 7) is 5.65. The molecule has 3 N–H and O–H groups in total. The Balaban J connectivity index is 0.00000225. The maximum Gasteiger partial charge on any atom is 0.228 e. The Morgan fingerprint density at radius 1 is 1.38 bits per heavy atom. The van der Waals surface area contributed by atoms with E-state index in [0.29, 0.717) is 0 Å². The number of hydrogen-bond acceptors (Lipinski definition) is 2. The van der Waals surface area contributed by atoms with Crippen molar-refractivity contribution in [1.82, 2.24) is 0 Å². The third-order valence-corrected chi connectivity index (χ3v) is 2.49. The fourth-order valence-electron chi connectivity index (χ4n) is 1.22. The lowest BCUT2D eigenvalue weighted by Crippen LogP contribution is -2.34. The van der Waals surface area contributed by atoms with Crippen LogP contribution < -0.4 is 11.1 Å². The van der Waals surface area contributed by atoms with E-state index in [1.54, 1.807) is 0 Å². The molecule has 90 valence electrons. The molecule has 1 rings (SSSR count). The minimum Gasteiger partial charge on any atom is -0.327 e. The van der Waals surface area contributed by atoms with Gasteiger partial charge in [-0.1, -0.05) is 19.1 Å². The maximum atomic E-state index is 11.7. The van der Waals surface area contributed by atoms with Gasteiger partial charge in [0.1, 0.15) is 0 Å². The van der Waals surface area contributed by atoms with Crippen molar-refractivity contribution in [3.8, 4) is 0 Å². The molecule has 0 bridgehead atoms. The van der Waals surface area contributed by atoms with Crippen molar-refractivity contribution in [2.45, 2.75) is 26.8 Å². The van der Waals surface area contributed by atoms with Crippen LogP contribution in [0.5, 0.6) is 0 Å². The van der Waals surface area contributed by atoms with Crippen LogP contribution in [0.25, 0.3) is 0 Å². The topological polar surface area (TPSA) is 55.1 Å². The van der Waals surface area contributed by atoms with Gasteiger partial charge in [-0.2, -0.15) is 0 Å². The van der Waals surface area contributed by atoms with Crippen molar-refractivity contribution < 1.29 is 4.79 Å². The summed E-state index contributed by atoms with van der Waals surface area (Å²) in [5.74, 6) is -0.207. The van der Waals surface area contributed by atoms with Crippen LogP contribution in [-0.2, 0) is 4.79 Å². The van der Waals surface area contributed by atoms with Crippen molar-refractivity contribution in [2.24, 2.45) is 11.7 Å². The van der Waals surface area contributed by atoms with Crippen LogP contribution in [0.2, 0.25) is 0 Å². The molecule has 0 aliphatic carbocycles. The van der Waals surface area contributed by atoms with E-state index in [9.17, 15) is 4.79 Å². The van der Waals surface area contributed by atoms with E-state index in [1.807, 2.05) is 45.0 Å². The molecule has 0 spiro atoms. The van der Waals surface area contributed by atoms with Gasteiger partial charge in [-0.05, 0) is 31.5 Å². The number of carbonyl (C=O) groups is 1. The highest BCUT2D eigenvalue weighted by Gasteiger charge is 2.16. The van der Waals surface area contributed by atoms with E-state index in [4.69, 9.17) is 5.73 Å². The molecule has 0 saturated heterocycles. The summed E-state index contributed by atoms with van der Waals surface area (Å²) in [6, 6.07) is 7.59. The Morgan fingerprint density at radius 2 is 2.00 bits per heavy atom. The smallest absolute Gasteiger partial charge is 0.228 e. The van der Waals surface area contributed by atoms with Gasteiger partial charge < -0.3 is 11.1 Å². The molecule has 16 heavy (non-hydrogen) atoms. The van der Waals surface area contributed by atoms with Crippen molar-refractivity contribution in [3.63, 3.8) is 0 Å². The molecule has 1 amide bonds. The highest BCUT2D eigenvalue weighted by molar-refractivity contribution is 5.92. The first kappa shape index (κ1) is 14.9. The molecule has 2 unspecified atom stereocenters. The van der Waals surface area contributed by atoms with Gasteiger partial charge in [-0.15, -0.1) is 12.4 Å². The van der Waals surface area contributed by atoms with Gasteiger partial charge in [0, 0.05) is 11.7 Å². The van der Waals surface area contributed by atoms with Crippen LogP contribution in [0.4, 0.5) is 5.69 Å². The summed E-state index contributed by atoms with van der Waals surface area (Å²) in [4.78, 5) is 11.7. The minimum atomic E-state index is -0.175. The molecular formula is C12H19ClN2O. The number of benzene rings is 1. The Morgan fingerprint density at radius 3 is 2.50 bits per heavy atom. The van der Waals surface area contributed by atoms with Crippen molar-refractivity contribution in [2.75, 3.05) is 5.32 Å². The zero-order chi connectivity index (χ0) is 11.4.